The minimum Gasteiger partial charge on any atom is -0.380 e. The molecule has 2 aliphatic heterocycles. The molecule has 2 atom stereocenters. The Morgan fingerprint density at radius 3 is 2.76 bits per heavy atom. The molecule has 0 spiro atoms. The van der Waals surface area contributed by atoms with Gasteiger partial charge in [-0.25, -0.2) is 14.8 Å². The molecular weight excluding hydrogens is 432 g/mol. The Bertz CT molecular complexity index is 983. The van der Waals surface area contributed by atoms with Crippen LogP contribution in [-0.2, 0) is 22.4 Å². The number of fused-ring (bicyclic) bond motifs is 1. The first kappa shape index (κ1) is 24.4. The van der Waals surface area contributed by atoms with Crippen molar-refractivity contribution in [1.29, 1.82) is 0 Å². The van der Waals surface area contributed by atoms with Crippen LogP contribution in [0.1, 0.15) is 32.0 Å². The van der Waals surface area contributed by atoms with Gasteiger partial charge in [0.2, 0.25) is 0 Å². The van der Waals surface area contributed by atoms with Crippen molar-refractivity contribution in [2.24, 2.45) is 0 Å². The summed E-state index contributed by atoms with van der Waals surface area (Å²) in [5, 5.41) is 5.58. The number of nitrogens with zero attached hydrogens (tertiary/aromatic N) is 4. The van der Waals surface area contributed by atoms with Gasteiger partial charge in [-0.3, -0.25) is 4.90 Å². The topological polar surface area (TPSA) is 91.9 Å². The number of carbonyl (C=O) groups is 1. The van der Waals surface area contributed by atoms with Gasteiger partial charge in [0.25, 0.3) is 0 Å². The van der Waals surface area contributed by atoms with E-state index in [-0.39, 0.29) is 18.2 Å². The molecule has 1 saturated heterocycles. The molecule has 4 rings (SSSR count). The molecule has 2 aromatic rings. The van der Waals surface area contributed by atoms with Crippen molar-refractivity contribution >= 4 is 17.5 Å². The van der Waals surface area contributed by atoms with Gasteiger partial charge in [0, 0.05) is 56.6 Å². The van der Waals surface area contributed by atoms with Crippen LogP contribution in [0.4, 0.5) is 16.3 Å². The number of methoxy groups -OCH3 is 1. The summed E-state index contributed by atoms with van der Waals surface area (Å²) in [5.74, 6) is 1.73. The zero-order chi connectivity index (χ0) is 24.1. The highest BCUT2D eigenvalue weighted by Crippen LogP contribution is 2.31. The number of rotatable bonds is 7. The maximum Gasteiger partial charge on any atom is 0.319 e. The van der Waals surface area contributed by atoms with Crippen LogP contribution in [0.5, 0.6) is 0 Å². The quantitative estimate of drug-likeness (QED) is 0.646. The van der Waals surface area contributed by atoms with Gasteiger partial charge in [-0.05, 0) is 51.5 Å². The standard InChI is InChI=1S/C25H36N6O3/c1-5-26-25(32)27-20-8-6-19(7-9-20)23-28-22-15-30(14-18(3)33-4)11-10-21(22)24(29-23)31-12-13-34-16-17(31)2/h6-9,17-18H,5,10-16H2,1-4H3,(H2,26,27,32). The zero-order valence-corrected chi connectivity index (χ0v) is 20.6. The van der Waals surface area contributed by atoms with E-state index in [2.05, 4.69) is 34.3 Å². The molecule has 184 valence electrons. The van der Waals surface area contributed by atoms with E-state index in [9.17, 15) is 4.79 Å². The minimum absolute atomic E-state index is 0.173. The van der Waals surface area contributed by atoms with E-state index in [1.807, 2.05) is 31.2 Å². The van der Waals surface area contributed by atoms with Crippen LogP contribution >= 0.6 is 0 Å². The second-order valence-corrected chi connectivity index (χ2v) is 9.01. The monoisotopic (exact) mass is 468 g/mol. The number of carbonyl (C=O) groups excluding carboxylic acids is 1. The number of urea groups is 1. The summed E-state index contributed by atoms with van der Waals surface area (Å²) in [6, 6.07) is 7.74. The molecule has 0 aliphatic carbocycles. The number of hydrogen-bond donors (Lipinski definition) is 2. The first-order valence-electron chi connectivity index (χ1n) is 12.1. The van der Waals surface area contributed by atoms with E-state index >= 15 is 0 Å². The lowest BCUT2D eigenvalue weighted by atomic mass is 10.0. The summed E-state index contributed by atoms with van der Waals surface area (Å²) in [7, 11) is 1.76. The number of benzene rings is 1. The largest absolute Gasteiger partial charge is 0.380 e. The van der Waals surface area contributed by atoms with Gasteiger partial charge in [0.1, 0.15) is 5.82 Å². The van der Waals surface area contributed by atoms with Crippen LogP contribution in [0, 0.1) is 0 Å². The minimum atomic E-state index is -0.214. The molecule has 1 fully saturated rings. The van der Waals surface area contributed by atoms with Gasteiger partial charge in [0.15, 0.2) is 5.82 Å². The first-order valence-corrected chi connectivity index (χ1v) is 12.1. The molecule has 3 heterocycles. The maximum absolute atomic E-state index is 11.8. The Morgan fingerprint density at radius 2 is 2.06 bits per heavy atom. The van der Waals surface area contributed by atoms with Crippen molar-refractivity contribution in [3.63, 3.8) is 0 Å². The van der Waals surface area contributed by atoms with Crippen molar-refractivity contribution in [1.82, 2.24) is 20.2 Å². The van der Waals surface area contributed by atoms with Crippen molar-refractivity contribution in [3.8, 4) is 11.4 Å². The molecule has 0 radical (unpaired) electrons. The van der Waals surface area contributed by atoms with Gasteiger partial charge in [-0.15, -0.1) is 0 Å². The smallest absolute Gasteiger partial charge is 0.319 e. The second kappa shape index (κ2) is 11.1. The molecule has 0 bridgehead atoms. The van der Waals surface area contributed by atoms with E-state index in [1.165, 1.54) is 5.56 Å². The molecular formula is C25H36N6O3. The summed E-state index contributed by atoms with van der Waals surface area (Å²) in [6.45, 7) is 11.6. The lowest BCUT2D eigenvalue weighted by Gasteiger charge is -2.38. The number of ether oxygens (including phenoxy) is 2. The average Bonchev–Trinajstić information content (AvgIpc) is 2.84. The fourth-order valence-corrected chi connectivity index (χ4v) is 4.51. The highest BCUT2D eigenvalue weighted by Gasteiger charge is 2.29. The molecule has 9 heteroatoms. The summed E-state index contributed by atoms with van der Waals surface area (Å²) >= 11 is 0. The van der Waals surface area contributed by atoms with E-state index in [4.69, 9.17) is 19.4 Å². The van der Waals surface area contributed by atoms with Crippen LogP contribution in [0.2, 0.25) is 0 Å². The molecule has 2 aliphatic rings. The number of hydrogen-bond acceptors (Lipinski definition) is 7. The van der Waals surface area contributed by atoms with E-state index in [0.717, 1.165) is 55.4 Å². The third-order valence-corrected chi connectivity index (χ3v) is 6.42. The lowest BCUT2D eigenvalue weighted by molar-refractivity contribution is 0.0716. The average molecular weight is 469 g/mol. The van der Waals surface area contributed by atoms with Gasteiger partial charge in [-0.2, -0.15) is 0 Å². The predicted molar refractivity (Wildman–Crippen MR) is 133 cm³/mol. The molecule has 34 heavy (non-hydrogen) atoms. The fourth-order valence-electron chi connectivity index (χ4n) is 4.51. The highest BCUT2D eigenvalue weighted by atomic mass is 16.5. The summed E-state index contributed by atoms with van der Waals surface area (Å²) in [4.78, 5) is 26.7. The maximum atomic E-state index is 11.8. The van der Waals surface area contributed by atoms with E-state index in [0.29, 0.717) is 25.6 Å². The molecule has 2 unspecified atom stereocenters. The Labute approximate surface area is 201 Å². The number of morpholine rings is 1. The number of amides is 2. The molecule has 2 N–H and O–H groups in total. The number of anilines is 2. The molecule has 9 nitrogen and oxygen atoms in total. The van der Waals surface area contributed by atoms with Crippen LogP contribution in [0.25, 0.3) is 11.4 Å². The third-order valence-electron chi connectivity index (χ3n) is 6.42. The van der Waals surface area contributed by atoms with Crippen LogP contribution in [0.3, 0.4) is 0 Å². The number of nitrogens with one attached hydrogen (secondary N) is 2. The highest BCUT2D eigenvalue weighted by molar-refractivity contribution is 5.89. The van der Waals surface area contributed by atoms with Crippen molar-refractivity contribution in [2.45, 2.75) is 45.9 Å². The summed E-state index contributed by atoms with van der Waals surface area (Å²) < 4.78 is 11.2. The SMILES string of the molecule is CCNC(=O)Nc1ccc(-c2nc3c(c(N4CCOCC4C)n2)CCN(CC(C)OC)C3)cc1. The van der Waals surface area contributed by atoms with E-state index in [1.54, 1.807) is 7.11 Å². The first-order chi connectivity index (χ1) is 16.5. The van der Waals surface area contributed by atoms with Crippen molar-refractivity contribution in [3.05, 3.63) is 35.5 Å². The Morgan fingerprint density at radius 1 is 1.26 bits per heavy atom. The van der Waals surface area contributed by atoms with Crippen LogP contribution < -0.4 is 15.5 Å². The molecule has 0 saturated carbocycles. The zero-order valence-electron chi connectivity index (χ0n) is 20.6. The van der Waals surface area contributed by atoms with Crippen molar-refractivity contribution < 1.29 is 14.3 Å². The van der Waals surface area contributed by atoms with Gasteiger partial charge in [-0.1, -0.05) is 0 Å². The van der Waals surface area contributed by atoms with Crippen molar-refractivity contribution in [2.75, 3.05) is 56.7 Å². The van der Waals surface area contributed by atoms with Gasteiger partial charge < -0.3 is 25.0 Å². The summed E-state index contributed by atoms with van der Waals surface area (Å²) in [5.41, 5.74) is 3.98. The lowest BCUT2D eigenvalue weighted by Crippen LogP contribution is -2.45. The fraction of sp³-hybridized carbons (Fsp3) is 0.560. The predicted octanol–water partition coefficient (Wildman–Crippen LogP) is 2.90. The van der Waals surface area contributed by atoms with E-state index < -0.39 is 0 Å². The van der Waals surface area contributed by atoms with Gasteiger partial charge >= 0.3 is 6.03 Å². The molecule has 1 aromatic carbocycles. The van der Waals surface area contributed by atoms with Crippen LogP contribution in [0.15, 0.2) is 24.3 Å². The Kier molecular flexibility index (Phi) is 7.97. The Hall–Kier alpha value is -2.75. The third kappa shape index (κ3) is 5.65. The van der Waals surface area contributed by atoms with Crippen LogP contribution in [-0.4, -0.2) is 79.5 Å². The molecule has 2 amide bonds. The normalized spacial score (nSPS) is 19.4. The van der Waals surface area contributed by atoms with Gasteiger partial charge in [0.05, 0.1) is 31.1 Å². The Balaban J connectivity index is 1.65. The molecule has 1 aromatic heterocycles. The summed E-state index contributed by atoms with van der Waals surface area (Å²) in [6.07, 6.45) is 1.09. The number of aromatic nitrogens is 2. The second-order valence-electron chi connectivity index (χ2n) is 9.01.